The maximum absolute atomic E-state index is 10.5. The predicted molar refractivity (Wildman–Crippen MR) is 52.6 cm³/mol. The molecule has 0 aliphatic carbocycles. The van der Waals surface area contributed by atoms with Gasteiger partial charge in [0.25, 0.3) is 0 Å². The summed E-state index contributed by atoms with van der Waals surface area (Å²) < 4.78 is 6.75. The molecule has 0 amide bonds. The van der Waals surface area contributed by atoms with Crippen molar-refractivity contribution in [2.24, 2.45) is 0 Å². The van der Waals surface area contributed by atoms with Crippen LogP contribution in [0.3, 0.4) is 0 Å². The summed E-state index contributed by atoms with van der Waals surface area (Å²) in [5.74, 6) is 0.693. The number of nitrogens with zero attached hydrogens (tertiary/aromatic N) is 3. The molecule has 0 aliphatic rings. The highest BCUT2D eigenvalue weighted by Gasteiger charge is 2.09. The average molecular weight is 213 g/mol. The van der Waals surface area contributed by atoms with Gasteiger partial charge in [0.15, 0.2) is 0 Å². The predicted octanol–water partition coefficient (Wildman–Crippen LogP) is 0.250. The van der Waals surface area contributed by atoms with E-state index in [0.717, 1.165) is 11.6 Å². The van der Waals surface area contributed by atoms with Crippen LogP contribution in [0, 0.1) is 6.92 Å². The van der Waals surface area contributed by atoms with E-state index in [4.69, 9.17) is 9.84 Å². The van der Waals surface area contributed by atoms with Gasteiger partial charge < -0.3 is 14.4 Å². The molecule has 0 aromatic carbocycles. The van der Waals surface area contributed by atoms with Gasteiger partial charge in [0.1, 0.15) is 11.6 Å². The Labute approximate surface area is 87.9 Å². The van der Waals surface area contributed by atoms with E-state index in [0.29, 0.717) is 19.6 Å². The van der Waals surface area contributed by atoms with Crippen LogP contribution in [-0.2, 0) is 22.5 Å². The topological polar surface area (TPSA) is 77.2 Å². The maximum atomic E-state index is 10.5. The number of aromatic nitrogens is 3. The fourth-order valence-electron chi connectivity index (χ4n) is 1.30. The highest BCUT2D eigenvalue weighted by molar-refractivity contribution is 5.66. The Morgan fingerprint density at radius 1 is 1.53 bits per heavy atom. The van der Waals surface area contributed by atoms with Crippen LogP contribution in [0.15, 0.2) is 0 Å². The third kappa shape index (κ3) is 3.32. The highest BCUT2D eigenvalue weighted by atomic mass is 16.5. The van der Waals surface area contributed by atoms with E-state index < -0.39 is 5.97 Å². The van der Waals surface area contributed by atoms with Crippen LogP contribution in [-0.4, -0.2) is 39.6 Å². The lowest BCUT2D eigenvalue weighted by Gasteiger charge is -2.06. The quantitative estimate of drug-likeness (QED) is 0.733. The maximum Gasteiger partial charge on any atom is 0.305 e. The van der Waals surface area contributed by atoms with Crippen LogP contribution in [0.2, 0.25) is 0 Å². The van der Waals surface area contributed by atoms with Gasteiger partial charge in [-0.2, -0.15) is 0 Å². The largest absolute Gasteiger partial charge is 0.481 e. The Kier molecular flexibility index (Phi) is 4.23. The molecule has 0 unspecified atom stereocenters. The monoisotopic (exact) mass is 213 g/mol. The molecular formula is C9H15N3O3. The van der Waals surface area contributed by atoms with E-state index in [2.05, 4.69) is 10.2 Å². The summed E-state index contributed by atoms with van der Waals surface area (Å²) >= 11 is 0. The van der Waals surface area contributed by atoms with Crippen molar-refractivity contribution in [3.05, 3.63) is 11.6 Å². The molecule has 0 spiro atoms. The lowest BCUT2D eigenvalue weighted by atomic mass is 10.3. The summed E-state index contributed by atoms with van der Waals surface area (Å²) in [6.07, 6.45) is 0.732. The standard InChI is InChI=1S/C9H15N3O3/c1-7-10-11-8(4-6-15-2)12(7)5-3-9(13)14/h3-6H2,1-2H3,(H,13,14). The zero-order valence-corrected chi connectivity index (χ0v) is 8.93. The number of carbonyl (C=O) groups is 1. The summed E-state index contributed by atoms with van der Waals surface area (Å²) in [5, 5.41) is 16.5. The van der Waals surface area contributed by atoms with E-state index >= 15 is 0 Å². The van der Waals surface area contributed by atoms with Gasteiger partial charge in [0.2, 0.25) is 0 Å². The Bertz CT molecular complexity index is 335. The number of hydrogen-bond acceptors (Lipinski definition) is 4. The minimum Gasteiger partial charge on any atom is -0.481 e. The summed E-state index contributed by atoms with van der Waals surface area (Å²) in [7, 11) is 1.62. The van der Waals surface area contributed by atoms with Crippen molar-refractivity contribution in [3.8, 4) is 0 Å². The summed E-state index contributed by atoms with van der Waals surface area (Å²) in [6, 6.07) is 0. The molecule has 15 heavy (non-hydrogen) atoms. The van der Waals surface area contributed by atoms with E-state index in [-0.39, 0.29) is 6.42 Å². The first kappa shape index (κ1) is 11.6. The molecule has 0 bridgehead atoms. The second-order valence-electron chi connectivity index (χ2n) is 3.20. The number of methoxy groups -OCH3 is 1. The van der Waals surface area contributed by atoms with E-state index in [1.54, 1.807) is 7.11 Å². The van der Waals surface area contributed by atoms with Crippen molar-refractivity contribution in [1.82, 2.24) is 14.8 Å². The third-order valence-corrected chi connectivity index (χ3v) is 2.09. The smallest absolute Gasteiger partial charge is 0.305 e. The number of carboxylic acids is 1. The summed E-state index contributed by atoms with van der Waals surface area (Å²) in [4.78, 5) is 10.5. The average Bonchev–Trinajstić information content (AvgIpc) is 2.53. The van der Waals surface area contributed by atoms with Crippen molar-refractivity contribution in [3.63, 3.8) is 0 Å². The Hall–Kier alpha value is -1.43. The Morgan fingerprint density at radius 2 is 2.27 bits per heavy atom. The summed E-state index contributed by atoms with van der Waals surface area (Å²) in [5.41, 5.74) is 0. The van der Waals surface area contributed by atoms with Gasteiger partial charge in [-0.1, -0.05) is 0 Å². The molecule has 6 heteroatoms. The van der Waals surface area contributed by atoms with Gasteiger partial charge in [0, 0.05) is 20.1 Å². The van der Waals surface area contributed by atoms with E-state index in [9.17, 15) is 4.79 Å². The Morgan fingerprint density at radius 3 is 2.87 bits per heavy atom. The van der Waals surface area contributed by atoms with Crippen LogP contribution < -0.4 is 0 Å². The molecule has 0 aliphatic heterocycles. The molecular weight excluding hydrogens is 198 g/mol. The van der Waals surface area contributed by atoms with Crippen LogP contribution >= 0.6 is 0 Å². The minimum atomic E-state index is -0.819. The lowest BCUT2D eigenvalue weighted by Crippen LogP contribution is -2.11. The van der Waals surface area contributed by atoms with Crippen molar-refractivity contribution >= 4 is 5.97 Å². The van der Waals surface area contributed by atoms with Crippen molar-refractivity contribution in [2.75, 3.05) is 13.7 Å². The van der Waals surface area contributed by atoms with Crippen molar-refractivity contribution < 1.29 is 14.6 Å². The Balaban J connectivity index is 2.66. The molecule has 6 nitrogen and oxygen atoms in total. The van der Waals surface area contributed by atoms with Gasteiger partial charge in [-0.25, -0.2) is 0 Å². The second kappa shape index (κ2) is 5.45. The number of hydrogen-bond donors (Lipinski definition) is 1. The lowest BCUT2D eigenvalue weighted by molar-refractivity contribution is -0.137. The molecule has 0 atom stereocenters. The van der Waals surface area contributed by atoms with Gasteiger partial charge in [-0.3, -0.25) is 4.79 Å². The summed E-state index contributed by atoms with van der Waals surface area (Å²) in [6.45, 7) is 2.78. The zero-order valence-electron chi connectivity index (χ0n) is 8.93. The van der Waals surface area contributed by atoms with Gasteiger partial charge in [-0.05, 0) is 6.92 Å². The molecule has 84 valence electrons. The molecule has 1 rings (SSSR count). The van der Waals surface area contributed by atoms with Crippen LogP contribution in [0.5, 0.6) is 0 Å². The normalized spacial score (nSPS) is 10.5. The second-order valence-corrected chi connectivity index (χ2v) is 3.20. The fourth-order valence-corrected chi connectivity index (χ4v) is 1.30. The molecule has 1 N–H and O–H groups in total. The molecule has 0 fully saturated rings. The van der Waals surface area contributed by atoms with E-state index in [1.165, 1.54) is 0 Å². The van der Waals surface area contributed by atoms with Crippen LogP contribution in [0.4, 0.5) is 0 Å². The molecule has 1 aromatic rings. The van der Waals surface area contributed by atoms with Gasteiger partial charge >= 0.3 is 5.97 Å². The molecule has 0 saturated carbocycles. The highest BCUT2D eigenvalue weighted by Crippen LogP contribution is 2.03. The number of rotatable bonds is 6. The molecule has 1 heterocycles. The number of carboxylic acid groups (broad SMARTS) is 1. The third-order valence-electron chi connectivity index (χ3n) is 2.09. The van der Waals surface area contributed by atoms with Crippen molar-refractivity contribution in [2.45, 2.75) is 26.3 Å². The first-order valence-electron chi connectivity index (χ1n) is 4.74. The minimum absolute atomic E-state index is 0.0822. The van der Waals surface area contributed by atoms with Crippen LogP contribution in [0.25, 0.3) is 0 Å². The zero-order chi connectivity index (χ0) is 11.3. The number of aryl methyl sites for hydroxylation is 1. The van der Waals surface area contributed by atoms with Crippen molar-refractivity contribution in [1.29, 1.82) is 0 Å². The van der Waals surface area contributed by atoms with Gasteiger partial charge in [0.05, 0.1) is 13.0 Å². The van der Waals surface area contributed by atoms with E-state index in [1.807, 2.05) is 11.5 Å². The molecule has 0 radical (unpaired) electrons. The number of ether oxygens (including phenoxy) is 1. The fraction of sp³-hybridized carbons (Fsp3) is 0.667. The van der Waals surface area contributed by atoms with Gasteiger partial charge in [-0.15, -0.1) is 10.2 Å². The first-order valence-corrected chi connectivity index (χ1v) is 4.74. The first-order chi connectivity index (χ1) is 7.15. The SMILES string of the molecule is COCCc1nnc(C)n1CCC(=O)O. The molecule has 0 saturated heterocycles. The molecule has 1 aromatic heterocycles. The number of aliphatic carboxylic acids is 1. The van der Waals surface area contributed by atoms with Crippen LogP contribution in [0.1, 0.15) is 18.1 Å².